The minimum Gasteiger partial charge on any atom is -0.341 e. The van der Waals surface area contributed by atoms with E-state index in [2.05, 4.69) is 36.2 Å². The number of hydrogen-bond donors (Lipinski definition) is 0. The van der Waals surface area contributed by atoms with E-state index in [-0.39, 0.29) is 5.91 Å². The van der Waals surface area contributed by atoms with Crippen LogP contribution in [0.4, 0.5) is 0 Å². The molecule has 146 valence electrons. The summed E-state index contributed by atoms with van der Waals surface area (Å²) in [5.41, 5.74) is 4.34. The highest BCUT2D eigenvalue weighted by molar-refractivity contribution is 7.98. The zero-order chi connectivity index (χ0) is 19.3. The highest BCUT2D eigenvalue weighted by atomic mass is 32.2. The fourth-order valence-electron chi connectivity index (χ4n) is 3.72. The summed E-state index contributed by atoms with van der Waals surface area (Å²) in [6.45, 7) is 4.18. The van der Waals surface area contributed by atoms with Gasteiger partial charge in [-0.2, -0.15) is 0 Å². The Labute approximate surface area is 170 Å². The molecule has 2 aromatic heterocycles. The molecule has 0 radical (unpaired) electrons. The lowest BCUT2D eigenvalue weighted by molar-refractivity contribution is -0.131. The lowest BCUT2D eigenvalue weighted by Crippen LogP contribution is -2.34. The standard InChI is InChI=1S/C22H26N4OS/c1-17-7-6-8-18(13-17)16-28-22-24-19-9-10-23-14-20(19)26(22)15-21(27)25-11-4-2-3-5-12-25/h6-10,13-14H,2-5,11-12,15-16H2,1H3. The third-order valence-electron chi connectivity index (χ3n) is 5.22. The summed E-state index contributed by atoms with van der Waals surface area (Å²) >= 11 is 1.68. The first-order valence-electron chi connectivity index (χ1n) is 9.97. The molecule has 1 amide bonds. The first-order valence-corrected chi connectivity index (χ1v) is 11.0. The number of fused-ring (bicyclic) bond motifs is 1. The molecule has 1 aliphatic rings. The summed E-state index contributed by atoms with van der Waals surface area (Å²) in [4.78, 5) is 24.0. The van der Waals surface area contributed by atoms with Crippen molar-refractivity contribution in [1.82, 2.24) is 19.4 Å². The number of hydrogen-bond acceptors (Lipinski definition) is 4. The first-order chi connectivity index (χ1) is 13.7. The average Bonchev–Trinajstić information content (AvgIpc) is 2.86. The van der Waals surface area contributed by atoms with Crippen LogP contribution in [0.15, 0.2) is 47.9 Å². The van der Waals surface area contributed by atoms with E-state index in [1.807, 2.05) is 21.7 Å². The average molecular weight is 395 g/mol. The van der Waals surface area contributed by atoms with Crippen LogP contribution in [-0.2, 0) is 17.1 Å². The molecule has 3 aromatic rings. The summed E-state index contributed by atoms with van der Waals surface area (Å²) < 4.78 is 2.04. The number of likely N-dealkylation sites (tertiary alicyclic amines) is 1. The van der Waals surface area contributed by atoms with E-state index in [0.717, 1.165) is 47.9 Å². The zero-order valence-corrected chi connectivity index (χ0v) is 17.1. The molecule has 0 spiro atoms. The van der Waals surface area contributed by atoms with E-state index < -0.39 is 0 Å². The highest BCUT2D eigenvalue weighted by Gasteiger charge is 2.19. The van der Waals surface area contributed by atoms with Crippen LogP contribution in [0.3, 0.4) is 0 Å². The molecule has 0 atom stereocenters. The molecule has 0 N–H and O–H groups in total. The van der Waals surface area contributed by atoms with E-state index in [0.29, 0.717) is 6.54 Å². The van der Waals surface area contributed by atoms with Crippen LogP contribution >= 0.6 is 11.8 Å². The molecule has 0 unspecified atom stereocenters. The van der Waals surface area contributed by atoms with Crippen molar-refractivity contribution < 1.29 is 4.79 Å². The molecule has 1 aliphatic heterocycles. The lowest BCUT2D eigenvalue weighted by Gasteiger charge is -2.21. The Balaban J connectivity index is 1.57. The molecule has 0 saturated carbocycles. The van der Waals surface area contributed by atoms with Gasteiger partial charge in [-0.25, -0.2) is 4.98 Å². The van der Waals surface area contributed by atoms with E-state index in [1.165, 1.54) is 24.0 Å². The third kappa shape index (κ3) is 4.38. The number of aromatic nitrogens is 3. The third-order valence-corrected chi connectivity index (χ3v) is 6.27. The summed E-state index contributed by atoms with van der Waals surface area (Å²) in [5.74, 6) is 1.01. The van der Waals surface area contributed by atoms with Gasteiger partial charge in [-0.15, -0.1) is 0 Å². The first kappa shape index (κ1) is 19.0. The summed E-state index contributed by atoms with van der Waals surface area (Å²) in [5, 5.41) is 0.882. The lowest BCUT2D eigenvalue weighted by atomic mass is 10.2. The van der Waals surface area contributed by atoms with Gasteiger partial charge in [0.1, 0.15) is 6.54 Å². The monoisotopic (exact) mass is 394 g/mol. The second-order valence-corrected chi connectivity index (χ2v) is 8.36. The minimum atomic E-state index is 0.183. The number of rotatable bonds is 5. The van der Waals surface area contributed by atoms with Crippen molar-refractivity contribution in [2.24, 2.45) is 0 Å². The Morgan fingerprint density at radius 1 is 1.14 bits per heavy atom. The van der Waals surface area contributed by atoms with Crippen LogP contribution in [0.25, 0.3) is 11.0 Å². The van der Waals surface area contributed by atoms with Crippen molar-refractivity contribution in [3.8, 4) is 0 Å². The SMILES string of the molecule is Cc1cccc(CSc2nc3ccncc3n2CC(=O)N2CCCCCC2)c1. The molecule has 3 heterocycles. The van der Waals surface area contributed by atoms with Gasteiger partial charge in [-0.05, 0) is 31.4 Å². The van der Waals surface area contributed by atoms with Crippen LogP contribution in [0.5, 0.6) is 0 Å². The van der Waals surface area contributed by atoms with Gasteiger partial charge in [0.05, 0.1) is 17.2 Å². The second kappa shape index (κ2) is 8.78. The number of nitrogens with zero attached hydrogens (tertiary/aromatic N) is 4. The molecule has 5 nitrogen and oxygen atoms in total. The summed E-state index contributed by atoms with van der Waals surface area (Å²) in [6.07, 6.45) is 8.22. The van der Waals surface area contributed by atoms with Gasteiger partial charge < -0.3 is 9.47 Å². The number of carbonyl (C=O) groups is 1. The van der Waals surface area contributed by atoms with Crippen molar-refractivity contribution in [2.45, 2.75) is 50.1 Å². The topological polar surface area (TPSA) is 51.0 Å². The van der Waals surface area contributed by atoms with E-state index in [1.54, 1.807) is 18.0 Å². The van der Waals surface area contributed by atoms with E-state index in [4.69, 9.17) is 4.98 Å². The maximum atomic E-state index is 13.0. The minimum absolute atomic E-state index is 0.183. The second-order valence-electron chi connectivity index (χ2n) is 7.42. The fourth-order valence-corrected chi connectivity index (χ4v) is 4.67. The van der Waals surface area contributed by atoms with Gasteiger partial charge in [0.25, 0.3) is 0 Å². The predicted molar refractivity (Wildman–Crippen MR) is 113 cm³/mol. The number of imidazole rings is 1. The Hall–Kier alpha value is -2.34. The van der Waals surface area contributed by atoms with Gasteiger partial charge in [-0.1, -0.05) is 54.4 Å². The Morgan fingerprint density at radius 2 is 1.96 bits per heavy atom. The Bertz CT molecular complexity index is 960. The van der Waals surface area contributed by atoms with Gasteiger partial charge in [0.2, 0.25) is 5.91 Å². The van der Waals surface area contributed by atoms with Crippen molar-refractivity contribution in [3.63, 3.8) is 0 Å². The smallest absolute Gasteiger partial charge is 0.242 e. The number of amides is 1. The van der Waals surface area contributed by atoms with E-state index in [9.17, 15) is 4.79 Å². The normalized spacial score (nSPS) is 15.0. The van der Waals surface area contributed by atoms with Gasteiger partial charge >= 0.3 is 0 Å². The van der Waals surface area contributed by atoms with Crippen LogP contribution in [0.1, 0.15) is 36.8 Å². The van der Waals surface area contributed by atoms with Gasteiger partial charge in [0.15, 0.2) is 5.16 Å². The molecule has 0 aliphatic carbocycles. The number of carbonyl (C=O) groups excluding carboxylic acids is 1. The summed E-state index contributed by atoms with van der Waals surface area (Å²) in [6, 6.07) is 10.4. The Kier molecular flexibility index (Phi) is 5.95. The predicted octanol–water partition coefficient (Wildman–Crippen LogP) is 4.43. The number of pyridine rings is 1. The van der Waals surface area contributed by atoms with Crippen molar-refractivity contribution in [3.05, 3.63) is 53.9 Å². The number of aryl methyl sites for hydroxylation is 1. The highest BCUT2D eigenvalue weighted by Crippen LogP contribution is 2.27. The molecular formula is C22H26N4OS. The molecule has 1 aromatic carbocycles. The Morgan fingerprint density at radius 3 is 2.75 bits per heavy atom. The van der Waals surface area contributed by atoms with Gasteiger partial charge in [-0.3, -0.25) is 9.78 Å². The quantitative estimate of drug-likeness (QED) is 0.601. The molecule has 4 rings (SSSR count). The molecule has 1 saturated heterocycles. The molecule has 1 fully saturated rings. The molecule has 6 heteroatoms. The molecule has 28 heavy (non-hydrogen) atoms. The summed E-state index contributed by atoms with van der Waals surface area (Å²) in [7, 11) is 0. The fraction of sp³-hybridized carbons (Fsp3) is 0.409. The van der Waals surface area contributed by atoms with Crippen molar-refractivity contribution in [1.29, 1.82) is 0 Å². The number of thioether (sulfide) groups is 1. The van der Waals surface area contributed by atoms with Crippen LogP contribution in [0, 0.1) is 6.92 Å². The molecule has 0 bridgehead atoms. The van der Waals surface area contributed by atoms with Crippen LogP contribution in [-0.4, -0.2) is 38.4 Å². The van der Waals surface area contributed by atoms with Crippen LogP contribution in [0.2, 0.25) is 0 Å². The molecular weight excluding hydrogens is 368 g/mol. The maximum absolute atomic E-state index is 13.0. The van der Waals surface area contributed by atoms with E-state index >= 15 is 0 Å². The number of benzene rings is 1. The van der Waals surface area contributed by atoms with Gasteiger partial charge in [0, 0.05) is 25.0 Å². The zero-order valence-electron chi connectivity index (χ0n) is 16.3. The largest absolute Gasteiger partial charge is 0.341 e. The van der Waals surface area contributed by atoms with Crippen LogP contribution < -0.4 is 0 Å². The van der Waals surface area contributed by atoms with Crippen molar-refractivity contribution in [2.75, 3.05) is 13.1 Å². The van der Waals surface area contributed by atoms with Crippen molar-refractivity contribution >= 4 is 28.7 Å². The maximum Gasteiger partial charge on any atom is 0.242 e.